The molecule has 3 N–H and O–H groups in total. The molecule has 1 fully saturated rings. The number of ether oxygens (including phenoxy) is 1. The predicted molar refractivity (Wildman–Crippen MR) is 109 cm³/mol. The fraction of sp³-hybridized carbons (Fsp3) is 0.273. The molecule has 2 aromatic carbocycles. The number of halogens is 3. The minimum atomic E-state index is -4.54. The van der Waals surface area contributed by atoms with Gasteiger partial charge in [0.2, 0.25) is 5.91 Å². The van der Waals surface area contributed by atoms with Gasteiger partial charge < -0.3 is 20.7 Å². The van der Waals surface area contributed by atoms with Crippen LogP contribution in [0.5, 0.6) is 5.75 Å². The highest BCUT2D eigenvalue weighted by Gasteiger charge is 2.39. The highest BCUT2D eigenvalue weighted by Crippen LogP contribution is 2.36. The summed E-state index contributed by atoms with van der Waals surface area (Å²) in [5.74, 6) is -1.10. The van der Waals surface area contributed by atoms with Gasteiger partial charge in [0.15, 0.2) is 0 Å². The maximum atomic E-state index is 13.1. The number of alkyl halides is 3. The summed E-state index contributed by atoms with van der Waals surface area (Å²) >= 11 is 0. The van der Waals surface area contributed by atoms with Crippen molar-refractivity contribution in [1.29, 1.82) is 0 Å². The van der Waals surface area contributed by atoms with E-state index in [1.54, 1.807) is 24.3 Å². The van der Waals surface area contributed by atoms with Crippen molar-refractivity contribution in [2.45, 2.75) is 25.6 Å². The van der Waals surface area contributed by atoms with Crippen LogP contribution >= 0.6 is 0 Å². The number of amides is 3. The SMILES string of the molecule is C=C1NC(=O)N[C@@H](c2ccccc2OCCC)[C@@H]1C(=O)Nc1cccc(C(F)(F)F)c1. The molecular formula is C22H22F3N3O3. The van der Waals surface area contributed by atoms with Crippen molar-refractivity contribution >= 4 is 17.6 Å². The lowest BCUT2D eigenvalue weighted by atomic mass is 9.87. The summed E-state index contributed by atoms with van der Waals surface area (Å²) in [5.41, 5.74) is -0.201. The number of para-hydroxylation sites is 1. The molecule has 6 nitrogen and oxygen atoms in total. The molecule has 0 bridgehead atoms. The van der Waals surface area contributed by atoms with Crippen LogP contribution in [-0.2, 0) is 11.0 Å². The molecule has 3 amide bonds. The Morgan fingerprint density at radius 1 is 1.19 bits per heavy atom. The Hall–Kier alpha value is -3.49. The summed E-state index contributed by atoms with van der Waals surface area (Å²) in [6.45, 7) is 6.17. The molecule has 0 unspecified atom stereocenters. The fourth-order valence-electron chi connectivity index (χ4n) is 3.33. The first-order valence-electron chi connectivity index (χ1n) is 9.67. The second-order valence-electron chi connectivity index (χ2n) is 7.03. The van der Waals surface area contributed by atoms with Crippen molar-refractivity contribution in [2.24, 2.45) is 5.92 Å². The smallest absolute Gasteiger partial charge is 0.416 e. The number of hydrogen-bond acceptors (Lipinski definition) is 3. The van der Waals surface area contributed by atoms with Crippen LogP contribution in [0.4, 0.5) is 23.7 Å². The standard InChI is InChI=1S/C22H22F3N3O3/c1-3-11-31-17-10-5-4-9-16(17)19-18(13(2)26-21(30)28-19)20(29)27-15-8-6-7-14(12-15)22(23,24)25/h4-10,12,18-19H,2-3,11H2,1H3,(H,27,29)(H2,26,28,30)/t18-,19+/m1/s1. The number of carbonyl (C=O) groups is 2. The number of benzene rings is 2. The van der Waals surface area contributed by atoms with Gasteiger partial charge in [-0.2, -0.15) is 13.2 Å². The zero-order valence-corrected chi connectivity index (χ0v) is 16.8. The van der Waals surface area contributed by atoms with E-state index in [2.05, 4.69) is 22.5 Å². The van der Waals surface area contributed by atoms with E-state index in [0.29, 0.717) is 17.9 Å². The van der Waals surface area contributed by atoms with Gasteiger partial charge in [0, 0.05) is 16.9 Å². The number of nitrogens with one attached hydrogen (secondary N) is 3. The van der Waals surface area contributed by atoms with Crippen molar-refractivity contribution in [3.8, 4) is 5.75 Å². The number of carbonyl (C=O) groups excluding carboxylic acids is 2. The lowest BCUT2D eigenvalue weighted by molar-refractivity contribution is -0.137. The summed E-state index contributed by atoms with van der Waals surface area (Å²) in [4.78, 5) is 25.2. The Balaban J connectivity index is 1.91. The highest BCUT2D eigenvalue weighted by molar-refractivity contribution is 5.97. The van der Waals surface area contributed by atoms with Gasteiger partial charge in [0.1, 0.15) is 11.7 Å². The molecule has 9 heteroatoms. The van der Waals surface area contributed by atoms with Crippen LogP contribution in [0.2, 0.25) is 0 Å². The minimum Gasteiger partial charge on any atom is -0.493 e. The third-order valence-electron chi connectivity index (χ3n) is 4.73. The van der Waals surface area contributed by atoms with Gasteiger partial charge in [-0.15, -0.1) is 0 Å². The Morgan fingerprint density at radius 2 is 1.94 bits per heavy atom. The number of rotatable bonds is 6. The maximum Gasteiger partial charge on any atom is 0.416 e. The van der Waals surface area contributed by atoms with E-state index >= 15 is 0 Å². The summed E-state index contributed by atoms with van der Waals surface area (Å²) in [5, 5.41) is 7.67. The van der Waals surface area contributed by atoms with Gasteiger partial charge >= 0.3 is 12.2 Å². The second kappa shape index (κ2) is 9.11. The molecule has 31 heavy (non-hydrogen) atoms. The van der Waals surface area contributed by atoms with Gasteiger partial charge in [0.25, 0.3) is 0 Å². The van der Waals surface area contributed by atoms with Gasteiger partial charge in [-0.1, -0.05) is 37.8 Å². The first kappa shape index (κ1) is 22.2. The summed E-state index contributed by atoms with van der Waals surface area (Å²) in [6.07, 6.45) is -3.78. The lowest BCUT2D eigenvalue weighted by Gasteiger charge is -2.34. The topological polar surface area (TPSA) is 79.5 Å². The van der Waals surface area contributed by atoms with E-state index in [1.807, 2.05) is 6.92 Å². The van der Waals surface area contributed by atoms with Crippen molar-refractivity contribution in [2.75, 3.05) is 11.9 Å². The molecule has 1 saturated heterocycles. The summed E-state index contributed by atoms with van der Waals surface area (Å²) < 4.78 is 44.7. The average molecular weight is 433 g/mol. The summed E-state index contributed by atoms with van der Waals surface area (Å²) in [7, 11) is 0. The molecule has 1 aliphatic rings. The van der Waals surface area contributed by atoms with Gasteiger partial charge in [-0.25, -0.2) is 4.79 Å². The first-order chi connectivity index (χ1) is 14.7. The van der Waals surface area contributed by atoms with Crippen LogP contribution < -0.4 is 20.7 Å². The van der Waals surface area contributed by atoms with Gasteiger partial charge in [-0.3, -0.25) is 4.79 Å². The molecule has 0 aromatic heterocycles. The Bertz CT molecular complexity index is 991. The van der Waals surface area contributed by atoms with Crippen LogP contribution in [0.15, 0.2) is 60.8 Å². The Kier molecular flexibility index (Phi) is 6.53. The molecule has 0 aliphatic carbocycles. The number of urea groups is 1. The molecule has 2 aromatic rings. The van der Waals surface area contributed by atoms with Crippen molar-refractivity contribution in [1.82, 2.24) is 10.6 Å². The van der Waals surface area contributed by atoms with E-state index in [4.69, 9.17) is 4.74 Å². The molecule has 0 saturated carbocycles. The third-order valence-corrected chi connectivity index (χ3v) is 4.73. The fourth-order valence-corrected chi connectivity index (χ4v) is 3.33. The normalized spacial score (nSPS) is 18.7. The predicted octanol–water partition coefficient (Wildman–Crippen LogP) is 4.62. The van der Waals surface area contributed by atoms with Crippen molar-refractivity contribution in [3.05, 3.63) is 71.9 Å². The maximum absolute atomic E-state index is 13.1. The van der Waals surface area contributed by atoms with Crippen LogP contribution in [-0.4, -0.2) is 18.5 Å². The van der Waals surface area contributed by atoms with Crippen LogP contribution in [0.25, 0.3) is 0 Å². The van der Waals surface area contributed by atoms with Crippen molar-refractivity contribution in [3.63, 3.8) is 0 Å². The third kappa shape index (κ3) is 5.17. The van der Waals surface area contributed by atoms with Gasteiger partial charge in [0.05, 0.1) is 18.2 Å². The van der Waals surface area contributed by atoms with E-state index in [9.17, 15) is 22.8 Å². The molecule has 1 heterocycles. The highest BCUT2D eigenvalue weighted by atomic mass is 19.4. The van der Waals surface area contributed by atoms with E-state index < -0.39 is 35.6 Å². The summed E-state index contributed by atoms with van der Waals surface area (Å²) in [6, 6.07) is 9.93. The number of hydrogen-bond donors (Lipinski definition) is 3. The zero-order valence-electron chi connectivity index (χ0n) is 16.8. The molecule has 0 spiro atoms. The molecule has 3 rings (SSSR count). The van der Waals surface area contributed by atoms with Crippen LogP contribution in [0, 0.1) is 5.92 Å². The average Bonchev–Trinajstić information content (AvgIpc) is 2.71. The first-order valence-corrected chi connectivity index (χ1v) is 9.67. The monoisotopic (exact) mass is 433 g/mol. The van der Waals surface area contributed by atoms with Gasteiger partial charge in [-0.05, 0) is 30.7 Å². The zero-order chi connectivity index (χ0) is 22.6. The van der Waals surface area contributed by atoms with Crippen LogP contribution in [0.3, 0.4) is 0 Å². The quantitative estimate of drug-likeness (QED) is 0.622. The molecular weight excluding hydrogens is 411 g/mol. The second-order valence-corrected chi connectivity index (χ2v) is 7.03. The van der Waals surface area contributed by atoms with E-state index in [1.165, 1.54) is 12.1 Å². The molecule has 164 valence electrons. The molecule has 0 radical (unpaired) electrons. The van der Waals surface area contributed by atoms with Crippen LogP contribution in [0.1, 0.15) is 30.5 Å². The molecule has 1 aliphatic heterocycles. The Morgan fingerprint density at radius 3 is 2.65 bits per heavy atom. The largest absolute Gasteiger partial charge is 0.493 e. The van der Waals surface area contributed by atoms with E-state index in [0.717, 1.165) is 18.6 Å². The number of anilines is 1. The minimum absolute atomic E-state index is 0.0150. The van der Waals surface area contributed by atoms with E-state index in [-0.39, 0.29) is 11.4 Å². The van der Waals surface area contributed by atoms with Crippen molar-refractivity contribution < 1.29 is 27.5 Å². The Labute approximate surface area is 177 Å². The molecule has 2 atom stereocenters. The lowest BCUT2D eigenvalue weighted by Crippen LogP contribution is -2.51.